The summed E-state index contributed by atoms with van der Waals surface area (Å²) in [5, 5.41) is 6.83. The lowest BCUT2D eigenvalue weighted by atomic mass is 10.3. The minimum atomic E-state index is 0.455. The Morgan fingerprint density at radius 2 is 2.44 bits per heavy atom. The molecule has 0 unspecified atom stereocenters. The molecule has 0 aliphatic carbocycles. The van der Waals surface area contributed by atoms with Gasteiger partial charge in [-0.2, -0.15) is 0 Å². The Balaban J connectivity index is 3.07. The van der Waals surface area contributed by atoms with Gasteiger partial charge in [0.05, 0.1) is 0 Å². The van der Waals surface area contributed by atoms with Crippen LogP contribution in [0.15, 0.2) is 18.3 Å². The van der Waals surface area contributed by atoms with Gasteiger partial charge in [-0.1, -0.05) is 0 Å². The number of hydrogen-bond donors (Lipinski definition) is 2. The number of nitrogen functional groups attached to an aromatic ring is 1. The molecule has 0 amide bonds. The van der Waals surface area contributed by atoms with Gasteiger partial charge < -0.3 is 11.1 Å². The molecule has 0 aliphatic rings. The molecule has 0 bridgehead atoms. The molecule has 0 fully saturated rings. The third kappa shape index (κ3) is 1.25. The summed E-state index contributed by atoms with van der Waals surface area (Å²) < 4.78 is 0. The molecule has 1 aromatic rings. The van der Waals surface area contributed by atoms with Gasteiger partial charge in [0.1, 0.15) is 5.82 Å². The second-order valence-electron chi connectivity index (χ2n) is 1.66. The second-order valence-corrected chi connectivity index (χ2v) is 1.66. The normalized spacial score (nSPS) is 8.89. The van der Waals surface area contributed by atoms with E-state index in [9.17, 15) is 0 Å². The summed E-state index contributed by atoms with van der Waals surface area (Å²) in [5.74, 6) is 0.455. The molecule has 0 saturated heterocycles. The first-order valence-electron chi connectivity index (χ1n) is 2.55. The number of hydrogen-bond acceptors (Lipinski definition) is 3. The highest BCUT2D eigenvalue weighted by molar-refractivity contribution is 5.77. The molecule has 0 spiro atoms. The van der Waals surface area contributed by atoms with Crippen molar-refractivity contribution >= 4 is 12.0 Å². The lowest BCUT2D eigenvalue weighted by Gasteiger charge is -1.90. The fourth-order valence-corrected chi connectivity index (χ4v) is 0.555. The van der Waals surface area contributed by atoms with Gasteiger partial charge in [-0.3, -0.25) is 0 Å². The molecule has 3 heteroatoms. The first kappa shape index (κ1) is 5.75. The maximum atomic E-state index is 6.83. The average Bonchev–Trinajstić information content (AvgIpc) is 1.88. The molecule has 0 atom stereocenters. The Kier molecular flexibility index (Phi) is 1.44. The van der Waals surface area contributed by atoms with E-state index in [1.54, 1.807) is 18.3 Å². The van der Waals surface area contributed by atoms with Gasteiger partial charge >= 0.3 is 0 Å². The average molecular weight is 121 g/mol. The molecule has 9 heavy (non-hydrogen) atoms. The van der Waals surface area contributed by atoms with E-state index in [4.69, 9.17) is 11.1 Å². The van der Waals surface area contributed by atoms with Crippen molar-refractivity contribution in [2.45, 2.75) is 0 Å². The lowest BCUT2D eigenvalue weighted by molar-refractivity contribution is 1.33. The van der Waals surface area contributed by atoms with Crippen LogP contribution < -0.4 is 5.73 Å². The summed E-state index contributed by atoms with van der Waals surface area (Å²) in [7, 11) is 0. The van der Waals surface area contributed by atoms with Crippen LogP contribution in [0.4, 0.5) is 5.82 Å². The van der Waals surface area contributed by atoms with Gasteiger partial charge in [0.2, 0.25) is 0 Å². The molecule has 1 rings (SSSR count). The first-order chi connectivity index (χ1) is 4.33. The third-order valence-electron chi connectivity index (χ3n) is 0.972. The maximum Gasteiger partial charge on any atom is 0.123 e. The highest BCUT2D eigenvalue weighted by Crippen LogP contribution is 1.98. The van der Waals surface area contributed by atoms with E-state index < -0.39 is 0 Å². The van der Waals surface area contributed by atoms with E-state index >= 15 is 0 Å². The van der Waals surface area contributed by atoms with Crippen molar-refractivity contribution in [3.63, 3.8) is 0 Å². The summed E-state index contributed by atoms with van der Waals surface area (Å²) in [4.78, 5) is 3.76. The zero-order valence-corrected chi connectivity index (χ0v) is 4.83. The van der Waals surface area contributed by atoms with Crippen LogP contribution in [-0.2, 0) is 0 Å². The molecular weight excluding hydrogens is 114 g/mol. The van der Waals surface area contributed by atoms with E-state index in [0.717, 1.165) is 5.56 Å². The highest BCUT2D eigenvalue weighted by Gasteiger charge is 1.86. The van der Waals surface area contributed by atoms with Crippen molar-refractivity contribution < 1.29 is 0 Å². The molecule has 3 N–H and O–H groups in total. The quantitative estimate of drug-likeness (QED) is 0.536. The lowest BCUT2D eigenvalue weighted by Crippen LogP contribution is -1.90. The number of rotatable bonds is 1. The molecule has 3 nitrogen and oxygen atoms in total. The van der Waals surface area contributed by atoms with Crippen LogP contribution >= 0.6 is 0 Å². The Morgan fingerprint density at radius 1 is 1.67 bits per heavy atom. The van der Waals surface area contributed by atoms with Crippen LogP contribution in [-0.4, -0.2) is 11.2 Å². The molecule has 0 radical (unpaired) electrons. The maximum absolute atomic E-state index is 6.83. The summed E-state index contributed by atoms with van der Waals surface area (Å²) in [6.07, 6.45) is 2.81. The van der Waals surface area contributed by atoms with E-state index in [0.29, 0.717) is 5.82 Å². The van der Waals surface area contributed by atoms with E-state index in [1.807, 2.05) is 0 Å². The fourth-order valence-electron chi connectivity index (χ4n) is 0.555. The second kappa shape index (κ2) is 2.26. The van der Waals surface area contributed by atoms with Gasteiger partial charge in [-0.15, -0.1) is 0 Å². The van der Waals surface area contributed by atoms with Gasteiger partial charge in [-0.05, 0) is 17.7 Å². The Labute approximate surface area is 53.0 Å². The van der Waals surface area contributed by atoms with Crippen molar-refractivity contribution in [3.05, 3.63) is 23.9 Å². The largest absolute Gasteiger partial charge is 0.384 e. The SMILES string of the molecule is N=Cc1ccnc(N)c1. The molecule has 0 aliphatic heterocycles. The summed E-state index contributed by atoms with van der Waals surface area (Å²) >= 11 is 0. The van der Waals surface area contributed by atoms with Gasteiger partial charge in [0, 0.05) is 12.4 Å². The van der Waals surface area contributed by atoms with Crippen molar-refractivity contribution in [2.75, 3.05) is 5.73 Å². The molecule has 0 saturated carbocycles. The number of pyridine rings is 1. The number of nitrogens with zero attached hydrogens (tertiary/aromatic N) is 1. The van der Waals surface area contributed by atoms with Crippen molar-refractivity contribution in [3.8, 4) is 0 Å². The van der Waals surface area contributed by atoms with E-state index in [2.05, 4.69) is 4.98 Å². The zero-order valence-electron chi connectivity index (χ0n) is 4.83. The van der Waals surface area contributed by atoms with Crippen molar-refractivity contribution in [1.29, 1.82) is 5.41 Å². The van der Waals surface area contributed by atoms with Gasteiger partial charge in [0.15, 0.2) is 0 Å². The predicted octanol–water partition coefficient (Wildman–Crippen LogP) is 0.661. The van der Waals surface area contributed by atoms with Crippen LogP contribution in [0.2, 0.25) is 0 Å². The summed E-state index contributed by atoms with van der Waals surface area (Å²) in [5.41, 5.74) is 6.10. The standard InChI is InChI=1S/C6H7N3/c7-4-5-1-2-9-6(8)3-5/h1-4,7H,(H2,8,9). The third-order valence-corrected chi connectivity index (χ3v) is 0.972. The number of anilines is 1. The number of nitrogens with one attached hydrogen (secondary N) is 1. The molecule has 46 valence electrons. The topological polar surface area (TPSA) is 62.8 Å². The van der Waals surface area contributed by atoms with Crippen LogP contribution in [0.1, 0.15) is 5.56 Å². The number of nitrogens with two attached hydrogens (primary N) is 1. The van der Waals surface area contributed by atoms with Crippen molar-refractivity contribution in [1.82, 2.24) is 4.98 Å². The minimum absolute atomic E-state index is 0.455. The van der Waals surface area contributed by atoms with Crippen LogP contribution in [0.3, 0.4) is 0 Å². The molecular formula is C6H7N3. The summed E-state index contributed by atoms with van der Waals surface area (Å²) in [6.45, 7) is 0. The van der Waals surface area contributed by atoms with E-state index in [1.165, 1.54) is 6.21 Å². The van der Waals surface area contributed by atoms with Crippen molar-refractivity contribution in [2.24, 2.45) is 0 Å². The van der Waals surface area contributed by atoms with Gasteiger partial charge in [-0.25, -0.2) is 4.98 Å². The fraction of sp³-hybridized carbons (Fsp3) is 0. The molecule has 1 heterocycles. The van der Waals surface area contributed by atoms with Crippen LogP contribution in [0.25, 0.3) is 0 Å². The Bertz CT molecular complexity index is 219. The van der Waals surface area contributed by atoms with Gasteiger partial charge in [0.25, 0.3) is 0 Å². The highest BCUT2D eigenvalue weighted by atomic mass is 14.8. The monoisotopic (exact) mass is 121 g/mol. The predicted molar refractivity (Wildman–Crippen MR) is 36.5 cm³/mol. The smallest absolute Gasteiger partial charge is 0.123 e. The zero-order chi connectivity index (χ0) is 6.69. The Hall–Kier alpha value is -1.38. The molecule has 1 aromatic heterocycles. The van der Waals surface area contributed by atoms with E-state index in [-0.39, 0.29) is 0 Å². The van der Waals surface area contributed by atoms with Crippen LogP contribution in [0, 0.1) is 5.41 Å². The number of aromatic nitrogens is 1. The first-order valence-corrected chi connectivity index (χ1v) is 2.55. The van der Waals surface area contributed by atoms with Crippen LogP contribution in [0.5, 0.6) is 0 Å². The Morgan fingerprint density at radius 3 is 2.89 bits per heavy atom. The molecule has 0 aromatic carbocycles. The minimum Gasteiger partial charge on any atom is -0.384 e. The summed E-state index contributed by atoms with van der Waals surface area (Å²) in [6, 6.07) is 3.37.